The van der Waals surface area contributed by atoms with Gasteiger partial charge in [0, 0.05) is 23.5 Å². The lowest BCUT2D eigenvalue weighted by atomic mass is 9.96. The molecule has 5 unspecified atom stereocenters. The topological polar surface area (TPSA) is 204 Å². The summed E-state index contributed by atoms with van der Waals surface area (Å²) in [6.07, 6.45) is 1.81. The first-order chi connectivity index (χ1) is 18.3. The van der Waals surface area contributed by atoms with E-state index in [2.05, 4.69) is 20.9 Å². The van der Waals surface area contributed by atoms with Gasteiger partial charge in [0.05, 0.1) is 6.04 Å². The van der Waals surface area contributed by atoms with Gasteiger partial charge in [0.15, 0.2) is 0 Å². The Labute approximate surface area is 227 Å². The number of nitrogens with one attached hydrogen (secondary N) is 4. The number of aromatic nitrogens is 1. The average Bonchev–Trinajstić information content (AvgIpc) is 3.29. The van der Waals surface area contributed by atoms with E-state index in [1.165, 1.54) is 0 Å². The first-order valence-corrected chi connectivity index (χ1v) is 13.0. The van der Waals surface area contributed by atoms with Crippen LogP contribution >= 0.6 is 0 Å². The van der Waals surface area contributed by atoms with Gasteiger partial charge in [0.2, 0.25) is 17.7 Å². The number of nitrogens with two attached hydrogens (primary N) is 1. The molecule has 0 saturated carbocycles. The Morgan fingerprint density at radius 3 is 2.15 bits per heavy atom. The van der Waals surface area contributed by atoms with Crippen LogP contribution in [0.25, 0.3) is 10.9 Å². The highest BCUT2D eigenvalue weighted by Crippen LogP contribution is 2.19. The lowest BCUT2D eigenvalue weighted by Crippen LogP contribution is -2.59. The van der Waals surface area contributed by atoms with Crippen LogP contribution in [0.15, 0.2) is 30.5 Å². The molecule has 39 heavy (non-hydrogen) atoms. The second kappa shape index (κ2) is 14.3. The van der Waals surface area contributed by atoms with Gasteiger partial charge in [-0.2, -0.15) is 0 Å². The van der Waals surface area contributed by atoms with Crippen LogP contribution in [0.1, 0.15) is 52.5 Å². The molecule has 0 spiro atoms. The third-order valence-electron chi connectivity index (χ3n) is 6.76. The molecule has 2 aromatic rings. The maximum absolute atomic E-state index is 13.3. The highest BCUT2D eigenvalue weighted by atomic mass is 16.4. The van der Waals surface area contributed by atoms with E-state index in [9.17, 15) is 29.1 Å². The number of fused-ring (bicyclic) bond motifs is 1. The fourth-order valence-electron chi connectivity index (χ4n) is 4.16. The minimum Gasteiger partial charge on any atom is -0.481 e. The number of carboxylic acids is 2. The first-order valence-electron chi connectivity index (χ1n) is 13.0. The molecule has 1 heterocycles. The second-order valence-corrected chi connectivity index (χ2v) is 10.1. The number of benzene rings is 1. The zero-order valence-electron chi connectivity index (χ0n) is 22.7. The summed E-state index contributed by atoms with van der Waals surface area (Å²) in [6, 6.07) is 3.02. The fourth-order valence-corrected chi connectivity index (χ4v) is 4.16. The van der Waals surface area contributed by atoms with Gasteiger partial charge in [-0.3, -0.25) is 19.2 Å². The monoisotopic (exact) mass is 545 g/mol. The number of para-hydroxylation sites is 1. The van der Waals surface area contributed by atoms with Crippen LogP contribution in [-0.4, -0.2) is 69.0 Å². The number of aromatic amines is 1. The number of rotatable bonds is 15. The van der Waals surface area contributed by atoms with Gasteiger partial charge < -0.3 is 36.9 Å². The summed E-state index contributed by atoms with van der Waals surface area (Å²) < 4.78 is 0. The minimum atomic E-state index is -1.32. The summed E-state index contributed by atoms with van der Waals surface area (Å²) in [4.78, 5) is 65.0. The van der Waals surface area contributed by atoms with Crippen LogP contribution in [0.2, 0.25) is 0 Å². The highest BCUT2D eigenvalue weighted by molar-refractivity contribution is 5.94. The Bertz CT molecular complexity index is 1180. The molecule has 0 saturated heterocycles. The Morgan fingerprint density at radius 1 is 0.923 bits per heavy atom. The van der Waals surface area contributed by atoms with Crippen LogP contribution in [0.4, 0.5) is 0 Å². The van der Waals surface area contributed by atoms with Crippen molar-refractivity contribution in [3.8, 4) is 0 Å². The summed E-state index contributed by atoms with van der Waals surface area (Å²) in [7, 11) is 0. The van der Waals surface area contributed by atoms with Crippen molar-refractivity contribution in [1.82, 2.24) is 20.9 Å². The largest absolute Gasteiger partial charge is 0.481 e. The third kappa shape index (κ3) is 8.81. The van der Waals surface area contributed by atoms with Crippen molar-refractivity contribution in [2.75, 3.05) is 0 Å². The summed E-state index contributed by atoms with van der Waals surface area (Å²) >= 11 is 0. The van der Waals surface area contributed by atoms with Crippen molar-refractivity contribution in [3.63, 3.8) is 0 Å². The molecule has 2 rings (SSSR count). The molecule has 0 aliphatic carbocycles. The number of carbonyl (C=O) groups is 5. The van der Waals surface area contributed by atoms with E-state index in [1.54, 1.807) is 27.0 Å². The molecule has 1 aromatic carbocycles. The highest BCUT2D eigenvalue weighted by Gasteiger charge is 2.33. The molecule has 0 fully saturated rings. The van der Waals surface area contributed by atoms with Crippen LogP contribution in [0.5, 0.6) is 0 Å². The normalized spacial score (nSPS) is 15.1. The van der Waals surface area contributed by atoms with Gasteiger partial charge in [-0.25, -0.2) is 4.79 Å². The smallest absolute Gasteiger partial charge is 0.326 e. The molecule has 0 bridgehead atoms. The molecule has 0 aliphatic heterocycles. The Balaban J connectivity index is 2.17. The van der Waals surface area contributed by atoms with Crippen LogP contribution < -0.4 is 21.7 Å². The maximum atomic E-state index is 13.3. The predicted octanol–water partition coefficient (Wildman–Crippen LogP) is 1.14. The molecule has 12 heteroatoms. The van der Waals surface area contributed by atoms with Gasteiger partial charge in [-0.1, -0.05) is 52.3 Å². The van der Waals surface area contributed by atoms with Gasteiger partial charge in [0.25, 0.3) is 0 Å². The van der Waals surface area contributed by atoms with Crippen LogP contribution in [-0.2, 0) is 30.4 Å². The van der Waals surface area contributed by atoms with Crippen molar-refractivity contribution in [3.05, 3.63) is 36.0 Å². The van der Waals surface area contributed by atoms with Crippen LogP contribution in [0, 0.1) is 11.8 Å². The van der Waals surface area contributed by atoms with Crippen molar-refractivity contribution >= 4 is 40.6 Å². The van der Waals surface area contributed by atoms with E-state index in [0.717, 1.165) is 16.5 Å². The van der Waals surface area contributed by atoms with Crippen molar-refractivity contribution < 1.29 is 34.2 Å². The number of hydrogen-bond donors (Lipinski definition) is 7. The van der Waals surface area contributed by atoms with E-state index in [-0.39, 0.29) is 18.8 Å². The lowest BCUT2D eigenvalue weighted by molar-refractivity contribution is -0.144. The fraction of sp³-hybridized carbons (Fsp3) is 0.519. The molecule has 214 valence electrons. The first kappa shape index (κ1) is 31.3. The molecule has 1 aromatic heterocycles. The Kier molecular flexibility index (Phi) is 11.5. The summed E-state index contributed by atoms with van der Waals surface area (Å²) in [6.45, 7) is 6.80. The molecule has 0 aliphatic rings. The van der Waals surface area contributed by atoms with E-state index < -0.39 is 66.2 Å². The van der Waals surface area contributed by atoms with E-state index in [0.29, 0.717) is 6.42 Å². The number of carbonyl (C=O) groups excluding carboxylic acids is 3. The second-order valence-electron chi connectivity index (χ2n) is 10.1. The summed E-state index contributed by atoms with van der Waals surface area (Å²) in [5.74, 6) is -5.31. The SMILES string of the molecule is CCC(C)C(NC(=O)C(N)Cc1c[nH]c2ccccc12)C(=O)NC(CCC(=O)O)C(=O)NC(C(=O)O)C(C)C. The number of H-pyrrole nitrogens is 1. The lowest BCUT2D eigenvalue weighted by Gasteiger charge is -2.28. The van der Waals surface area contributed by atoms with Crippen LogP contribution in [0.3, 0.4) is 0 Å². The molecule has 5 atom stereocenters. The predicted molar refractivity (Wildman–Crippen MR) is 145 cm³/mol. The van der Waals surface area contributed by atoms with Gasteiger partial charge in [-0.15, -0.1) is 0 Å². The third-order valence-corrected chi connectivity index (χ3v) is 6.76. The van der Waals surface area contributed by atoms with Crippen molar-refractivity contribution in [1.29, 1.82) is 0 Å². The minimum absolute atomic E-state index is 0.222. The summed E-state index contributed by atoms with van der Waals surface area (Å²) in [5, 5.41) is 27.0. The molecular weight excluding hydrogens is 506 g/mol. The number of hydrogen-bond acceptors (Lipinski definition) is 6. The standard InChI is InChI=1S/C27H39N5O7/c1-5-15(4)23(32-24(35)18(28)12-16-13-29-19-9-7-6-8-17(16)19)26(37)30-20(10-11-21(33)34)25(36)31-22(14(2)3)27(38)39/h6-9,13-15,18,20,22-23,29H,5,10-12,28H2,1-4H3,(H,30,37)(H,31,36)(H,32,35)(H,33,34)(H,38,39). The van der Waals surface area contributed by atoms with Gasteiger partial charge in [-0.05, 0) is 36.3 Å². The average molecular weight is 546 g/mol. The maximum Gasteiger partial charge on any atom is 0.326 e. The van der Waals surface area contributed by atoms with Crippen molar-refractivity contribution in [2.45, 2.75) is 77.5 Å². The zero-order chi connectivity index (χ0) is 29.3. The van der Waals surface area contributed by atoms with E-state index >= 15 is 0 Å². The van der Waals surface area contributed by atoms with E-state index in [4.69, 9.17) is 10.8 Å². The summed E-state index contributed by atoms with van der Waals surface area (Å²) in [5.41, 5.74) is 7.94. The molecule has 3 amide bonds. The molecular formula is C27H39N5O7. The van der Waals surface area contributed by atoms with Gasteiger partial charge >= 0.3 is 11.9 Å². The quantitative estimate of drug-likeness (QED) is 0.172. The molecule has 8 N–H and O–H groups in total. The molecule has 0 radical (unpaired) electrons. The zero-order valence-corrected chi connectivity index (χ0v) is 22.7. The van der Waals surface area contributed by atoms with Gasteiger partial charge in [0.1, 0.15) is 18.1 Å². The Hall–Kier alpha value is -3.93. The van der Waals surface area contributed by atoms with E-state index in [1.807, 2.05) is 31.2 Å². The molecule has 12 nitrogen and oxygen atoms in total. The number of carboxylic acid groups (broad SMARTS) is 2. The van der Waals surface area contributed by atoms with Crippen molar-refractivity contribution in [2.24, 2.45) is 17.6 Å². The Morgan fingerprint density at radius 2 is 1.56 bits per heavy atom. The number of aliphatic carboxylic acids is 2. The number of amides is 3.